The standard InChI is InChI=1S/C23H18N6O4/c30-23(31)16-11-13-17(14-12-16)26-21-20(29(32)33)22(25-15-24-21)27-28(18-7-3-1-4-8-18)19-9-5-2-6-10-19/h1-15H,(H,30,31)(H2,24,25,26,27). The average molecular weight is 442 g/mol. The maximum absolute atomic E-state index is 12.0. The van der Waals surface area contributed by atoms with Gasteiger partial charge in [-0.2, -0.15) is 0 Å². The first kappa shape index (κ1) is 21.2. The van der Waals surface area contributed by atoms with Crippen LogP contribution in [-0.2, 0) is 0 Å². The van der Waals surface area contributed by atoms with Crippen molar-refractivity contribution in [1.82, 2.24) is 9.97 Å². The fourth-order valence-corrected chi connectivity index (χ4v) is 3.10. The predicted molar refractivity (Wildman–Crippen MR) is 124 cm³/mol. The second kappa shape index (κ2) is 9.43. The number of rotatable bonds is 8. The first-order chi connectivity index (χ1) is 16.0. The molecule has 0 unspecified atom stereocenters. The molecule has 4 aromatic rings. The Kier molecular flexibility index (Phi) is 6.08. The summed E-state index contributed by atoms with van der Waals surface area (Å²) in [6, 6.07) is 24.4. The van der Waals surface area contributed by atoms with Crippen LogP contribution in [0.4, 0.5) is 34.4 Å². The van der Waals surface area contributed by atoms with Crippen LogP contribution < -0.4 is 15.8 Å². The molecule has 164 valence electrons. The summed E-state index contributed by atoms with van der Waals surface area (Å²) in [5, 5.41) is 25.6. The van der Waals surface area contributed by atoms with Crippen LogP contribution in [0.2, 0.25) is 0 Å². The highest BCUT2D eigenvalue weighted by Crippen LogP contribution is 2.34. The van der Waals surface area contributed by atoms with Crippen LogP contribution in [0.3, 0.4) is 0 Å². The van der Waals surface area contributed by atoms with Crippen LogP contribution in [-0.4, -0.2) is 26.0 Å². The zero-order chi connectivity index (χ0) is 23.2. The molecule has 0 bridgehead atoms. The summed E-state index contributed by atoms with van der Waals surface area (Å²) >= 11 is 0. The van der Waals surface area contributed by atoms with Gasteiger partial charge in [-0.15, -0.1) is 0 Å². The molecule has 0 aliphatic carbocycles. The van der Waals surface area contributed by atoms with Gasteiger partial charge in [0.1, 0.15) is 6.33 Å². The molecule has 0 fully saturated rings. The summed E-state index contributed by atoms with van der Waals surface area (Å²) < 4.78 is 0. The third-order valence-corrected chi connectivity index (χ3v) is 4.65. The van der Waals surface area contributed by atoms with Crippen LogP contribution in [0.15, 0.2) is 91.3 Å². The molecule has 10 nitrogen and oxygen atoms in total. The van der Waals surface area contributed by atoms with Gasteiger partial charge in [0, 0.05) is 5.69 Å². The number of carboxylic acid groups (broad SMARTS) is 1. The molecule has 10 heteroatoms. The molecule has 1 aromatic heterocycles. The van der Waals surface area contributed by atoms with E-state index < -0.39 is 10.9 Å². The maximum atomic E-state index is 12.0. The molecule has 33 heavy (non-hydrogen) atoms. The van der Waals surface area contributed by atoms with Gasteiger partial charge in [-0.05, 0) is 48.5 Å². The minimum absolute atomic E-state index is 0.0210. The molecule has 3 N–H and O–H groups in total. The number of carbonyl (C=O) groups is 1. The molecule has 0 aliphatic heterocycles. The Balaban J connectivity index is 1.71. The number of aromatic carboxylic acids is 1. The summed E-state index contributed by atoms with van der Waals surface area (Å²) in [4.78, 5) is 30.6. The molecule has 0 saturated carbocycles. The number of anilines is 5. The molecule has 0 atom stereocenters. The van der Waals surface area contributed by atoms with Gasteiger partial charge in [0.2, 0.25) is 11.6 Å². The van der Waals surface area contributed by atoms with E-state index in [0.717, 1.165) is 11.4 Å². The van der Waals surface area contributed by atoms with E-state index in [1.54, 1.807) is 5.01 Å². The monoisotopic (exact) mass is 442 g/mol. The Morgan fingerprint density at radius 2 is 1.39 bits per heavy atom. The lowest BCUT2D eigenvalue weighted by molar-refractivity contribution is -0.383. The number of para-hydroxylation sites is 2. The van der Waals surface area contributed by atoms with Gasteiger partial charge in [-0.25, -0.2) is 14.8 Å². The number of hydrogen-bond donors (Lipinski definition) is 3. The fourth-order valence-electron chi connectivity index (χ4n) is 3.10. The van der Waals surface area contributed by atoms with Gasteiger partial charge >= 0.3 is 11.7 Å². The third-order valence-electron chi connectivity index (χ3n) is 4.65. The summed E-state index contributed by atoms with van der Waals surface area (Å²) in [5.74, 6) is -1.13. The Morgan fingerprint density at radius 3 is 1.91 bits per heavy atom. The average Bonchev–Trinajstić information content (AvgIpc) is 2.84. The minimum atomic E-state index is -1.07. The molecular formula is C23H18N6O4. The number of nitro groups is 1. The highest BCUT2D eigenvalue weighted by atomic mass is 16.6. The second-order valence-electron chi connectivity index (χ2n) is 6.80. The number of benzene rings is 3. The molecule has 3 aromatic carbocycles. The van der Waals surface area contributed by atoms with Crippen LogP contribution in [0.25, 0.3) is 0 Å². The predicted octanol–water partition coefficient (Wildman–Crippen LogP) is 4.99. The zero-order valence-corrected chi connectivity index (χ0v) is 17.1. The quantitative estimate of drug-likeness (QED) is 0.255. The van der Waals surface area contributed by atoms with Crippen molar-refractivity contribution in [2.75, 3.05) is 15.8 Å². The van der Waals surface area contributed by atoms with Crippen LogP contribution in [0, 0.1) is 10.1 Å². The zero-order valence-electron chi connectivity index (χ0n) is 17.1. The lowest BCUT2D eigenvalue weighted by Crippen LogP contribution is -2.26. The first-order valence-electron chi connectivity index (χ1n) is 9.79. The molecule has 0 saturated heterocycles. The Morgan fingerprint density at radius 1 is 0.848 bits per heavy atom. The van der Waals surface area contributed by atoms with Crippen LogP contribution >= 0.6 is 0 Å². The summed E-state index contributed by atoms with van der Waals surface area (Å²) in [7, 11) is 0. The smallest absolute Gasteiger partial charge is 0.355 e. The number of nitrogens with one attached hydrogen (secondary N) is 2. The van der Waals surface area contributed by atoms with Crippen molar-refractivity contribution >= 4 is 40.4 Å². The Bertz CT molecular complexity index is 1230. The second-order valence-corrected chi connectivity index (χ2v) is 6.80. The van der Waals surface area contributed by atoms with E-state index in [0.29, 0.717) is 5.69 Å². The highest BCUT2D eigenvalue weighted by Gasteiger charge is 2.25. The molecule has 0 amide bonds. The third kappa shape index (κ3) is 4.85. The van der Waals surface area contributed by atoms with Gasteiger partial charge in [0.15, 0.2) is 0 Å². The SMILES string of the molecule is O=C(O)c1ccc(Nc2ncnc(NN(c3ccccc3)c3ccccc3)c2[N+](=O)[O-])cc1. The van der Waals surface area contributed by atoms with Crippen molar-refractivity contribution in [3.05, 3.63) is 107 Å². The number of carboxylic acids is 1. The topological polar surface area (TPSA) is 134 Å². The molecule has 0 radical (unpaired) electrons. The minimum Gasteiger partial charge on any atom is -0.478 e. The summed E-state index contributed by atoms with van der Waals surface area (Å²) in [6.45, 7) is 0. The number of nitrogens with zero attached hydrogens (tertiary/aromatic N) is 4. The summed E-state index contributed by atoms with van der Waals surface area (Å²) in [6.07, 6.45) is 1.21. The number of hydrazine groups is 1. The number of hydrogen-bond acceptors (Lipinski definition) is 8. The van der Waals surface area contributed by atoms with E-state index in [9.17, 15) is 14.9 Å². The van der Waals surface area contributed by atoms with E-state index in [2.05, 4.69) is 20.7 Å². The van der Waals surface area contributed by atoms with Gasteiger partial charge in [-0.1, -0.05) is 36.4 Å². The van der Waals surface area contributed by atoms with E-state index in [1.807, 2.05) is 60.7 Å². The first-order valence-corrected chi connectivity index (χ1v) is 9.79. The largest absolute Gasteiger partial charge is 0.478 e. The van der Waals surface area contributed by atoms with E-state index in [-0.39, 0.29) is 22.9 Å². The molecule has 4 rings (SSSR count). The lowest BCUT2D eigenvalue weighted by atomic mass is 10.2. The Hall–Kier alpha value is -4.99. The normalized spacial score (nSPS) is 10.3. The summed E-state index contributed by atoms with van der Waals surface area (Å²) in [5.41, 5.74) is 4.70. The van der Waals surface area contributed by atoms with E-state index >= 15 is 0 Å². The molecule has 1 heterocycles. The van der Waals surface area contributed by atoms with Crippen molar-refractivity contribution in [3.8, 4) is 0 Å². The van der Waals surface area contributed by atoms with E-state index in [1.165, 1.54) is 30.6 Å². The van der Waals surface area contributed by atoms with Crippen molar-refractivity contribution in [2.45, 2.75) is 0 Å². The highest BCUT2D eigenvalue weighted by molar-refractivity contribution is 5.88. The lowest BCUT2D eigenvalue weighted by Gasteiger charge is -2.26. The maximum Gasteiger partial charge on any atom is 0.355 e. The van der Waals surface area contributed by atoms with Crippen molar-refractivity contribution in [1.29, 1.82) is 0 Å². The van der Waals surface area contributed by atoms with Crippen molar-refractivity contribution in [3.63, 3.8) is 0 Å². The van der Waals surface area contributed by atoms with Gasteiger partial charge in [0.25, 0.3) is 0 Å². The van der Waals surface area contributed by atoms with E-state index in [4.69, 9.17) is 5.11 Å². The van der Waals surface area contributed by atoms with Crippen LogP contribution in [0.5, 0.6) is 0 Å². The van der Waals surface area contributed by atoms with Gasteiger partial charge < -0.3 is 10.4 Å². The van der Waals surface area contributed by atoms with Crippen molar-refractivity contribution in [2.24, 2.45) is 0 Å². The van der Waals surface area contributed by atoms with Gasteiger partial charge in [0.05, 0.1) is 21.9 Å². The molecule has 0 aliphatic rings. The van der Waals surface area contributed by atoms with Crippen molar-refractivity contribution < 1.29 is 14.8 Å². The number of aromatic nitrogens is 2. The fraction of sp³-hybridized carbons (Fsp3) is 0. The van der Waals surface area contributed by atoms with Gasteiger partial charge in [-0.3, -0.25) is 20.5 Å². The molecule has 0 spiro atoms. The Labute approximate surface area is 188 Å². The van der Waals surface area contributed by atoms with Crippen LogP contribution in [0.1, 0.15) is 10.4 Å². The molecular weight excluding hydrogens is 424 g/mol.